The average molecular weight is 421 g/mol. The number of likely N-dealkylation sites (N-methyl/N-ethyl adjacent to an activating group) is 1. The lowest BCUT2D eigenvalue weighted by molar-refractivity contribution is -0.120. The highest BCUT2D eigenvalue weighted by molar-refractivity contribution is 6.74. The van der Waals surface area contributed by atoms with Gasteiger partial charge in [0, 0.05) is 18.2 Å². The quantitative estimate of drug-likeness (QED) is 0.582. The molecule has 1 unspecified atom stereocenters. The maximum Gasteiger partial charge on any atom is 0.241 e. The van der Waals surface area contributed by atoms with Crippen LogP contribution in [0.4, 0.5) is 10.1 Å². The molecule has 1 saturated heterocycles. The number of likely N-dealkylation sites (tertiary alicyclic amines) is 1. The lowest BCUT2D eigenvalue weighted by atomic mass is 10.1. The lowest BCUT2D eigenvalue weighted by Crippen LogP contribution is -2.44. The summed E-state index contributed by atoms with van der Waals surface area (Å²) in [6.45, 7) is 11.8. The zero-order valence-electron chi connectivity index (χ0n) is 18.3. The van der Waals surface area contributed by atoms with Gasteiger partial charge in [0.15, 0.2) is 8.32 Å². The Hall–Kier alpha value is -1.57. The van der Waals surface area contributed by atoms with Crippen LogP contribution in [0, 0.1) is 11.7 Å². The second-order valence-corrected chi connectivity index (χ2v) is 14.8. The molecule has 1 aromatic rings. The highest BCUT2D eigenvalue weighted by Gasteiger charge is 2.43. The van der Waals surface area contributed by atoms with Gasteiger partial charge in [0.25, 0.3) is 0 Å². The minimum Gasteiger partial charge on any atom is -0.413 e. The second kappa shape index (κ2) is 7.93. The van der Waals surface area contributed by atoms with Gasteiger partial charge in [-0.25, -0.2) is 4.39 Å². The van der Waals surface area contributed by atoms with Crippen LogP contribution < -0.4 is 5.32 Å². The molecule has 0 bridgehead atoms. The molecular formula is C22H33FN2O3Si. The molecule has 160 valence electrons. The van der Waals surface area contributed by atoms with Gasteiger partial charge in [-0.05, 0) is 67.7 Å². The Bertz CT molecular complexity index is 806. The molecule has 0 aromatic heterocycles. The molecule has 1 heterocycles. The topological polar surface area (TPSA) is 58.6 Å². The summed E-state index contributed by atoms with van der Waals surface area (Å²) in [6.07, 6.45) is 2.52. The third kappa shape index (κ3) is 4.62. The van der Waals surface area contributed by atoms with Crippen LogP contribution in [0.5, 0.6) is 0 Å². The van der Waals surface area contributed by atoms with Gasteiger partial charge >= 0.3 is 0 Å². The maximum absolute atomic E-state index is 14.4. The molecular weight excluding hydrogens is 387 g/mol. The van der Waals surface area contributed by atoms with Crippen LogP contribution in [-0.2, 0) is 26.9 Å². The van der Waals surface area contributed by atoms with Crippen molar-refractivity contribution >= 4 is 26.2 Å². The Balaban J connectivity index is 1.66. The van der Waals surface area contributed by atoms with Crippen molar-refractivity contribution in [2.45, 2.75) is 70.3 Å². The number of aldehydes is 1. The number of carbonyl (C=O) groups excluding carboxylic acids is 2. The van der Waals surface area contributed by atoms with Crippen molar-refractivity contribution in [3.8, 4) is 0 Å². The molecule has 1 amide bonds. The van der Waals surface area contributed by atoms with E-state index in [1.165, 1.54) is 6.07 Å². The highest BCUT2D eigenvalue weighted by Crippen LogP contribution is 2.39. The Labute approximate surface area is 174 Å². The first-order valence-electron chi connectivity index (χ1n) is 10.4. The number of carbonyl (C=O) groups is 2. The van der Waals surface area contributed by atoms with Crippen molar-refractivity contribution < 1.29 is 18.4 Å². The van der Waals surface area contributed by atoms with Gasteiger partial charge in [0.1, 0.15) is 12.1 Å². The Morgan fingerprint density at radius 1 is 1.31 bits per heavy atom. The van der Waals surface area contributed by atoms with E-state index in [1.54, 1.807) is 6.07 Å². The summed E-state index contributed by atoms with van der Waals surface area (Å²) in [5.74, 6) is -0.654. The van der Waals surface area contributed by atoms with Crippen LogP contribution in [0.2, 0.25) is 18.1 Å². The van der Waals surface area contributed by atoms with Gasteiger partial charge in [0.2, 0.25) is 5.91 Å². The van der Waals surface area contributed by atoms with E-state index in [0.29, 0.717) is 37.1 Å². The van der Waals surface area contributed by atoms with Gasteiger partial charge in [-0.3, -0.25) is 9.69 Å². The molecule has 1 fully saturated rings. The van der Waals surface area contributed by atoms with E-state index in [0.717, 1.165) is 11.8 Å². The second-order valence-electron chi connectivity index (χ2n) is 10.1. The summed E-state index contributed by atoms with van der Waals surface area (Å²) in [4.78, 5) is 25.9. The molecule has 0 radical (unpaired) electrons. The molecule has 1 aliphatic heterocycles. The van der Waals surface area contributed by atoms with Crippen LogP contribution >= 0.6 is 0 Å². The molecule has 1 aromatic carbocycles. The molecule has 2 aliphatic rings. The summed E-state index contributed by atoms with van der Waals surface area (Å²) in [5, 5.41) is 3.00. The van der Waals surface area contributed by atoms with Gasteiger partial charge in [-0.2, -0.15) is 0 Å². The minimum atomic E-state index is -1.90. The largest absolute Gasteiger partial charge is 0.413 e. The number of rotatable bonds is 5. The summed E-state index contributed by atoms with van der Waals surface area (Å²) in [7, 11) is 0.0239. The van der Waals surface area contributed by atoms with E-state index in [2.05, 4.69) is 39.2 Å². The zero-order chi connectivity index (χ0) is 21.6. The Kier molecular flexibility index (Phi) is 6.05. The maximum atomic E-state index is 14.4. The van der Waals surface area contributed by atoms with Crippen molar-refractivity contribution in [1.29, 1.82) is 0 Å². The molecule has 1 aliphatic carbocycles. The molecule has 0 spiro atoms. The molecule has 7 heteroatoms. The van der Waals surface area contributed by atoms with Crippen molar-refractivity contribution in [3.63, 3.8) is 0 Å². The number of benzene rings is 1. The monoisotopic (exact) mass is 420 g/mol. The van der Waals surface area contributed by atoms with Gasteiger partial charge in [-0.15, -0.1) is 0 Å². The predicted molar refractivity (Wildman–Crippen MR) is 115 cm³/mol. The first-order valence-corrected chi connectivity index (χ1v) is 13.3. The SMILES string of the molecule is CN1C[C@H](O[Si](C)(C)C(C)(C)C)C[C@H]1C(=O)Nc1cc(F)c2c(c1)CC(C=O)C2. The number of hydrogen-bond acceptors (Lipinski definition) is 4. The summed E-state index contributed by atoms with van der Waals surface area (Å²) < 4.78 is 20.9. The molecule has 1 N–H and O–H groups in total. The molecule has 29 heavy (non-hydrogen) atoms. The highest BCUT2D eigenvalue weighted by atomic mass is 28.4. The lowest BCUT2D eigenvalue weighted by Gasteiger charge is -2.38. The fourth-order valence-corrected chi connectivity index (χ4v) is 5.41. The first-order chi connectivity index (χ1) is 13.4. The predicted octanol–water partition coefficient (Wildman–Crippen LogP) is 3.77. The van der Waals surface area contributed by atoms with Gasteiger partial charge in [-0.1, -0.05) is 20.8 Å². The summed E-state index contributed by atoms with van der Waals surface area (Å²) in [6, 6.07) is 2.87. The number of anilines is 1. The van der Waals surface area contributed by atoms with E-state index in [9.17, 15) is 14.0 Å². The van der Waals surface area contributed by atoms with Crippen molar-refractivity contribution in [1.82, 2.24) is 4.90 Å². The third-order valence-corrected chi connectivity index (χ3v) is 11.3. The summed E-state index contributed by atoms with van der Waals surface area (Å²) in [5.41, 5.74) is 1.87. The van der Waals surface area contributed by atoms with Crippen LogP contribution in [-0.4, -0.2) is 51.1 Å². The third-order valence-electron chi connectivity index (χ3n) is 6.78. The number of nitrogens with zero attached hydrogens (tertiary/aromatic N) is 1. The van der Waals surface area contributed by atoms with Crippen molar-refractivity contribution in [2.75, 3.05) is 18.9 Å². The Morgan fingerprint density at radius 3 is 2.62 bits per heavy atom. The normalized spacial score (nSPS) is 25.1. The summed E-state index contributed by atoms with van der Waals surface area (Å²) >= 11 is 0. The van der Waals surface area contributed by atoms with Crippen molar-refractivity contribution in [2.24, 2.45) is 5.92 Å². The van der Waals surface area contributed by atoms with Crippen LogP contribution in [0.3, 0.4) is 0 Å². The molecule has 5 nitrogen and oxygen atoms in total. The van der Waals surface area contributed by atoms with E-state index < -0.39 is 8.32 Å². The average Bonchev–Trinajstić information content (AvgIpc) is 3.16. The number of fused-ring (bicyclic) bond motifs is 1. The zero-order valence-corrected chi connectivity index (χ0v) is 19.3. The van der Waals surface area contributed by atoms with Crippen LogP contribution in [0.15, 0.2) is 12.1 Å². The van der Waals surface area contributed by atoms with E-state index in [1.807, 2.05) is 11.9 Å². The molecule has 3 rings (SSSR count). The smallest absolute Gasteiger partial charge is 0.241 e. The van der Waals surface area contributed by atoms with E-state index >= 15 is 0 Å². The number of amides is 1. The fourth-order valence-electron chi connectivity index (χ4n) is 4.05. The number of halogens is 1. The van der Waals surface area contributed by atoms with Crippen LogP contribution in [0.1, 0.15) is 38.3 Å². The van der Waals surface area contributed by atoms with E-state index in [-0.39, 0.29) is 34.8 Å². The first kappa shape index (κ1) is 22.1. The van der Waals surface area contributed by atoms with E-state index in [4.69, 9.17) is 4.43 Å². The minimum absolute atomic E-state index is 0.0294. The van der Waals surface area contributed by atoms with Gasteiger partial charge in [0.05, 0.1) is 12.1 Å². The van der Waals surface area contributed by atoms with Gasteiger partial charge < -0.3 is 14.5 Å². The Morgan fingerprint density at radius 2 is 2.00 bits per heavy atom. The van der Waals surface area contributed by atoms with Crippen molar-refractivity contribution in [3.05, 3.63) is 29.1 Å². The molecule has 0 saturated carbocycles. The number of nitrogens with one attached hydrogen (secondary N) is 1. The number of hydrogen-bond donors (Lipinski definition) is 1. The van der Waals surface area contributed by atoms with Crippen LogP contribution in [0.25, 0.3) is 0 Å². The fraction of sp³-hybridized carbons (Fsp3) is 0.636. The molecule has 3 atom stereocenters. The standard InChI is InChI=1S/C22H33FN2O3Si/c1-22(2,3)29(5,6)28-17-11-20(25(4)12-17)21(27)24-16-9-15-7-14(13-26)8-18(15)19(23)10-16/h9-10,13-14,17,20H,7-8,11-12H2,1-6H3,(H,24,27)/t14?,17-,20+/m1/s1.